The third-order valence-corrected chi connectivity index (χ3v) is 4.71. The van der Waals surface area contributed by atoms with E-state index in [4.69, 9.17) is 9.47 Å². The van der Waals surface area contributed by atoms with Crippen molar-refractivity contribution in [1.29, 1.82) is 0 Å². The van der Waals surface area contributed by atoms with Crippen molar-refractivity contribution >= 4 is 29.9 Å². The zero-order chi connectivity index (χ0) is 19.2. The van der Waals surface area contributed by atoms with Gasteiger partial charge in [0.2, 0.25) is 0 Å². The number of rotatable bonds is 5. The number of halogens is 4. The number of hydrogen-bond acceptors (Lipinski definition) is 3. The van der Waals surface area contributed by atoms with Crippen LogP contribution in [0.1, 0.15) is 36.9 Å². The Hall–Kier alpha value is -1.07. The van der Waals surface area contributed by atoms with Gasteiger partial charge in [-0.05, 0) is 24.6 Å². The third kappa shape index (κ3) is 6.79. The van der Waals surface area contributed by atoms with Crippen molar-refractivity contribution < 1.29 is 22.6 Å². The number of nitrogens with zero attached hydrogens (tertiary/aromatic N) is 1. The van der Waals surface area contributed by atoms with Crippen molar-refractivity contribution in [3.05, 3.63) is 35.4 Å². The zero-order valence-electron chi connectivity index (χ0n) is 15.7. The summed E-state index contributed by atoms with van der Waals surface area (Å²) >= 11 is 0. The first kappa shape index (κ1) is 24.0. The molecule has 0 aliphatic carbocycles. The van der Waals surface area contributed by atoms with Gasteiger partial charge in [0, 0.05) is 46.8 Å². The van der Waals surface area contributed by atoms with Gasteiger partial charge in [-0.25, -0.2) is 0 Å². The number of alkyl halides is 3. The van der Waals surface area contributed by atoms with E-state index in [0.29, 0.717) is 31.3 Å². The Morgan fingerprint density at radius 3 is 2.56 bits per heavy atom. The lowest BCUT2D eigenvalue weighted by atomic mass is 9.94. The highest BCUT2D eigenvalue weighted by Crippen LogP contribution is 2.30. The van der Waals surface area contributed by atoms with Gasteiger partial charge in [-0.15, -0.1) is 24.0 Å². The lowest BCUT2D eigenvalue weighted by Crippen LogP contribution is -2.51. The molecule has 5 nitrogen and oxygen atoms in total. The van der Waals surface area contributed by atoms with Gasteiger partial charge in [0.1, 0.15) is 0 Å². The Bertz CT molecular complexity index is 620. The van der Waals surface area contributed by atoms with Crippen molar-refractivity contribution in [2.75, 3.05) is 33.9 Å². The normalized spacial score (nSPS) is 18.4. The average Bonchev–Trinajstić information content (AvgIpc) is 2.65. The van der Waals surface area contributed by atoms with Gasteiger partial charge in [0.25, 0.3) is 0 Å². The van der Waals surface area contributed by atoms with Crippen LogP contribution in [0, 0.1) is 0 Å². The summed E-state index contributed by atoms with van der Waals surface area (Å²) in [7, 11) is 3.30. The minimum absolute atomic E-state index is 0. The predicted molar refractivity (Wildman–Crippen MR) is 110 cm³/mol. The molecular weight excluding hydrogens is 474 g/mol. The molecule has 2 N–H and O–H groups in total. The van der Waals surface area contributed by atoms with Crippen LogP contribution >= 0.6 is 24.0 Å². The maximum atomic E-state index is 12.9. The minimum Gasteiger partial charge on any atom is -0.381 e. The van der Waals surface area contributed by atoms with E-state index < -0.39 is 11.7 Å². The zero-order valence-corrected chi connectivity index (χ0v) is 18.1. The molecular formula is C18H27F3IN3O2. The molecule has 0 aromatic heterocycles. The first-order valence-corrected chi connectivity index (χ1v) is 8.57. The summed E-state index contributed by atoms with van der Waals surface area (Å²) < 4.78 is 49.7. The molecule has 0 spiro atoms. The molecule has 2 rings (SSSR count). The van der Waals surface area contributed by atoms with Gasteiger partial charge in [-0.3, -0.25) is 4.99 Å². The average molecular weight is 501 g/mol. The molecule has 0 radical (unpaired) electrons. The van der Waals surface area contributed by atoms with Crippen LogP contribution in [0.5, 0.6) is 0 Å². The van der Waals surface area contributed by atoms with Crippen LogP contribution in [0.25, 0.3) is 0 Å². The monoisotopic (exact) mass is 501 g/mol. The predicted octanol–water partition coefficient (Wildman–Crippen LogP) is 3.75. The highest BCUT2D eigenvalue weighted by atomic mass is 127. The number of methoxy groups -OCH3 is 1. The Labute approximate surface area is 175 Å². The summed E-state index contributed by atoms with van der Waals surface area (Å²) in [5, 5.41) is 6.34. The summed E-state index contributed by atoms with van der Waals surface area (Å²) in [4.78, 5) is 4.16. The second-order valence-corrected chi connectivity index (χ2v) is 6.41. The number of aliphatic imine (C=N–C) groups is 1. The molecule has 1 aliphatic rings. The molecule has 1 fully saturated rings. The molecule has 1 saturated heterocycles. The van der Waals surface area contributed by atoms with Gasteiger partial charge in [0.05, 0.1) is 17.2 Å². The molecule has 1 aliphatic heterocycles. The topological polar surface area (TPSA) is 54.9 Å². The molecule has 1 unspecified atom stereocenters. The largest absolute Gasteiger partial charge is 0.416 e. The number of ether oxygens (including phenoxy) is 2. The third-order valence-electron chi connectivity index (χ3n) is 4.71. The molecule has 1 heterocycles. The molecule has 1 aromatic carbocycles. The quantitative estimate of drug-likeness (QED) is 0.367. The highest BCUT2D eigenvalue weighted by molar-refractivity contribution is 14.0. The van der Waals surface area contributed by atoms with Crippen molar-refractivity contribution in [2.45, 2.75) is 37.6 Å². The SMILES string of the molecule is CN=C(NCC1(OC)CCOCC1)NC(C)c1cccc(C(F)(F)F)c1.I. The number of hydrogen-bond donors (Lipinski definition) is 2. The fourth-order valence-corrected chi connectivity index (χ4v) is 2.91. The minimum atomic E-state index is -4.36. The van der Waals surface area contributed by atoms with E-state index in [-0.39, 0.29) is 35.6 Å². The molecule has 1 aromatic rings. The first-order valence-electron chi connectivity index (χ1n) is 8.57. The highest BCUT2D eigenvalue weighted by Gasteiger charge is 2.33. The summed E-state index contributed by atoms with van der Waals surface area (Å²) in [5.74, 6) is 0.512. The van der Waals surface area contributed by atoms with Crippen molar-refractivity contribution in [3.8, 4) is 0 Å². The fraction of sp³-hybridized carbons (Fsp3) is 0.611. The van der Waals surface area contributed by atoms with Crippen LogP contribution in [0.3, 0.4) is 0 Å². The van der Waals surface area contributed by atoms with Gasteiger partial charge >= 0.3 is 6.18 Å². The van der Waals surface area contributed by atoms with E-state index >= 15 is 0 Å². The Kier molecular flexibility index (Phi) is 9.29. The van der Waals surface area contributed by atoms with Crippen LogP contribution in [-0.4, -0.2) is 45.5 Å². The van der Waals surface area contributed by atoms with Crippen LogP contribution in [0.2, 0.25) is 0 Å². The number of guanidine groups is 1. The first-order chi connectivity index (χ1) is 12.3. The second-order valence-electron chi connectivity index (χ2n) is 6.41. The lowest BCUT2D eigenvalue weighted by molar-refractivity contribution is -0.137. The summed E-state index contributed by atoms with van der Waals surface area (Å²) in [6, 6.07) is 4.96. The Morgan fingerprint density at radius 1 is 1.33 bits per heavy atom. The van der Waals surface area contributed by atoms with Gasteiger partial charge in [-0.2, -0.15) is 13.2 Å². The van der Waals surface area contributed by atoms with E-state index in [0.717, 1.165) is 25.0 Å². The van der Waals surface area contributed by atoms with Crippen LogP contribution in [0.4, 0.5) is 13.2 Å². The molecule has 0 saturated carbocycles. The van der Waals surface area contributed by atoms with E-state index in [1.807, 2.05) is 0 Å². The smallest absolute Gasteiger partial charge is 0.381 e. The lowest BCUT2D eigenvalue weighted by Gasteiger charge is -2.36. The van der Waals surface area contributed by atoms with E-state index in [1.165, 1.54) is 6.07 Å². The van der Waals surface area contributed by atoms with Crippen LogP contribution in [0.15, 0.2) is 29.3 Å². The van der Waals surface area contributed by atoms with E-state index in [2.05, 4.69) is 15.6 Å². The summed E-state index contributed by atoms with van der Waals surface area (Å²) in [5.41, 5.74) is -0.447. The van der Waals surface area contributed by atoms with E-state index in [1.54, 1.807) is 27.1 Å². The van der Waals surface area contributed by atoms with Crippen molar-refractivity contribution in [2.24, 2.45) is 4.99 Å². The molecule has 9 heteroatoms. The molecule has 27 heavy (non-hydrogen) atoms. The van der Waals surface area contributed by atoms with Crippen LogP contribution in [-0.2, 0) is 15.7 Å². The Morgan fingerprint density at radius 2 is 2.00 bits per heavy atom. The second kappa shape index (κ2) is 10.5. The van der Waals surface area contributed by atoms with Crippen LogP contribution < -0.4 is 10.6 Å². The van der Waals surface area contributed by atoms with E-state index in [9.17, 15) is 13.2 Å². The van der Waals surface area contributed by atoms with Gasteiger partial charge in [0.15, 0.2) is 5.96 Å². The molecule has 1 atom stereocenters. The molecule has 154 valence electrons. The van der Waals surface area contributed by atoms with Crippen molar-refractivity contribution in [1.82, 2.24) is 10.6 Å². The van der Waals surface area contributed by atoms with Gasteiger partial charge in [-0.1, -0.05) is 12.1 Å². The number of nitrogens with one attached hydrogen (secondary N) is 2. The van der Waals surface area contributed by atoms with Crippen molar-refractivity contribution in [3.63, 3.8) is 0 Å². The standard InChI is InChI=1S/C18H26F3N3O2.HI/c1-13(14-5-4-6-15(11-14)18(19,20)21)24-16(22-2)23-12-17(25-3)7-9-26-10-8-17;/h4-6,11,13H,7-10,12H2,1-3H3,(H2,22,23,24);1H. The molecule has 0 amide bonds. The maximum absolute atomic E-state index is 12.9. The van der Waals surface area contributed by atoms with Gasteiger partial charge < -0.3 is 20.1 Å². The summed E-state index contributed by atoms with van der Waals surface area (Å²) in [6.07, 6.45) is -2.81. The summed E-state index contributed by atoms with van der Waals surface area (Å²) in [6.45, 7) is 3.62. The maximum Gasteiger partial charge on any atom is 0.416 e. The number of benzene rings is 1. The molecule has 0 bridgehead atoms. The Balaban J connectivity index is 0.00000364. The fourth-order valence-electron chi connectivity index (χ4n) is 2.91.